The van der Waals surface area contributed by atoms with E-state index in [4.69, 9.17) is 9.47 Å². The van der Waals surface area contributed by atoms with Crippen LogP contribution in [0.2, 0.25) is 0 Å². The molecule has 1 saturated carbocycles. The monoisotopic (exact) mass is 327 g/mol. The van der Waals surface area contributed by atoms with Crippen molar-refractivity contribution in [3.63, 3.8) is 0 Å². The second-order valence-electron chi connectivity index (χ2n) is 6.49. The van der Waals surface area contributed by atoms with E-state index in [1.54, 1.807) is 18.5 Å². The Hall–Kier alpha value is -2.05. The maximum Gasteiger partial charge on any atom is 0.253 e. The Kier molecular flexibility index (Phi) is 4.40. The van der Waals surface area contributed by atoms with Gasteiger partial charge in [0, 0.05) is 25.6 Å². The fourth-order valence-electron chi connectivity index (χ4n) is 3.02. The van der Waals surface area contributed by atoms with Crippen LogP contribution in [-0.2, 0) is 9.47 Å². The molecule has 0 unspecified atom stereocenters. The summed E-state index contributed by atoms with van der Waals surface area (Å²) in [6.45, 7) is 1.95. The zero-order chi connectivity index (χ0) is 16.4. The van der Waals surface area contributed by atoms with Crippen LogP contribution in [-0.4, -0.2) is 47.8 Å². The van der Waals surface area contributed by atoms with Crippen molar-refractivity contribution < 1.29 is 14.3 Å². The number of hydrogen-bond donors (Lipinski definition) is 1. The van der Waals surface area contributed by atoms with Gasteiger partial charge in [0.15, 0.2) is 0 Å². The Bertz CT molecular complexity index is 727. The Balaban J connectivity index is 1.48. The lowest BCUT2D eigenvalue weighted by Crippen LogP contribution is -2.50. The van der Waals surface area contributed by atoms with Gasteiger partial charge >= 0.3 is 0 Å². The number of benzene rings is 1. The summed E-state index contributed by atoms with van der Waals surface area (Å²) in [4.78, 5) is 21.3. The largest absolute Gasteiger partial charge is 0.379 e. The van der Waals surface area contributed by atoms with E-state index in [0.29, 0.717) is 35.7 Å². The van der Waals surface area contributed by atoms with E-state index in [2.05, 4.69) is 15.3 Å². The van der Waals surface area contributed by atoms with E-state index >= 15 is 0 Å². The molecule has 1 aromatic carbocycles. The zero-order valence-electron chi connectivity index (χ0n) is 13.5. The number of carbonyl (C=O) groups excluding carboxylic acids is 1. The highest BCUT2D eigenvalue weighted by atomic mass is 16.5. The molecule has 0 bridgehead atoms. The van der Waals surface area contributed by atoms with Crippen molar-refractivity contribution in [1.82, 2.24) is 15.3 Å². The maximum absolute atomic E-state index is 12.7. The number of nitrogens with one attached hydrogen (secondary N) is 1. The summed E-state index contributed by atoms with van der Waals surface area (Å²) in [6.07, 6.45) is 6.58. The molecule has 2 aromatic rings. The molecule has 2 heterocycles. The van der Waals surface area contributed by atoms with Crippen LogP contribution in [0.25, 0.3) is 11.0 Å². The number of fused-ring (bicyclic) bond motifs is 1. The first kappa shape index (κ1) is 15.5. The first-order valence-corrected chi connectivity index (χ1v) is 8.51. The Morgan fingerprint density at radius 2 is 2.12 bits per heavy atom. The number of para-hydroxylation sites is 1. The molecule has 1 amide bonds. The summed E-state index contributed by atoms with van der Waals surface area (Å²) in [5, 5.41) is 3.06. The van der Waals surface area contributed by atoms with Crippen LogP contribution in [0.5, 0.6) is 0 Å². The van der Waals surface area contributed by atoms with Crippen molar-refractivity contribution in [2.24, 2.45) is 5.92 Å². The van der Waals surface area contributed by atoms with Crippen molar-refractivity contribution in [3.05, 3.63) is 36.2 Å². The number of amides is 1. The van der Waals surface area contributed by atoms with Gasteiger partial charge in [-0.2, -0.15) is 0 Å². The van der Waals surface area contributed by atoms with Crippen LogP contribution in [0.1, 0.15) is 29.6 Å². The lowest BCUT2D eigenvalue weighted by atomic mass is 10.1. The van der Waals surface area contributed by atoms with E-state index < -0.39 is 0 Å². The second-order valence-corrected chi connectivity index (χ2v) is 6.49. The number of carbonyl (C=O) groups is 1. The van der Waals surface area contributed by atoms with Crippen LogP contribution in [0, 0.1) is 5.92 Å². The molecular formula is C18H21N3O3. The minimum absolute atomic E-state index is 0.0179. The first-order valence-electron chi connectivity index (χ1n) is 8.51. The highest BCUT2D eigenvalue weighted by Crippen LogP contribution is 2.30. The standard InChI is InChI=1S/C18H21N3O3/c22-18(13-2-1-3-14-17(13)20-8-7-19-14)21-15-11-23-9-6-16(15)24-10-12-4-5-12/h1-3,7-8,12,15-16H,4-6,9-11H2,(H,21,22)/t15-,16+/m1/s1. The topological polar surface area (TPSA) is 73.3 Å². The van der Waals surface area contributed by atoms with Gasteiger partial charge in [-0.15, -0.1) is 0 Å². The SMILES string of the molecule is O=C(N[C@@H]1COCC[C@@H]1OCC1CC1)c1cccc2nccnc12. The number of rotatable bonds is 5. The van der Waals surface area contributed by atoms with Crippen LogP contribution >= 0.6 is 0 Å². The molecule has 2 aliphatic rings. The molecule has 6 nitrogen and oxygen atoms in total. The van der Waals surface area contributed by atoms with E-state index in [9.17, 15) is 4.79 Å². The van der Waals surface area contributed by atoms with Gasteiger partial charge in [0.2, 0.25) is 0 Å². The molecule has 1 aliphatic heterocycles. The van der Waals surface area contributed by atoms with E-state index in [0.717, 1.165) is 13.0 Å². The highest BCUT2D eigenvalue weighted by molar-refractivity contribution is 6.04. The van der Waals surface area contributed by atoms with Gasteiger partial charge in [-0.05, 0) is 37.3 Å². The number of aromatic nitrogens is 2. The van der Waals surface area contributed by atoms with Crippen molar-refractivity contribution in [2.75, 3.05) is 19.8 Å². The Morgan fingerprint density at radius 1 is 1.25 bits per heavy atom. The summed E-state index contributed by atoms with van der Waals surface area (Å²) in [5.41, 5.74) is 1.86. The van der Waals surface area contributed by atoms with Crippen LogP contribution < -0.4 is 5.32 Å². The Morgan fingerprint density at radius 3 is 3.00 bits per heavy atom. The summed E-state index contributed by atoms with van der Waals surface area (Å²) in [5.74, 6) is 0.550. The van der Waals surface area contributed by atoms with Crippen molar-refractivity contribution in [2.45, 2.75) is 31.4 Å². The van der Waals surface area contributed by atoms with Crippen LogP contribution in [0.15, 0.2) is 30.6 Å². The van der Waals surface area contributed by atoms with E-state index in [1.807, 2.05) is 12.1 Å². The molecule has 2 fully saturated rings. The fourth-order valence-corrected chi connectivity index (χ4v) is 3.02. The van der Waals surface area contributed by atoms with Gasteiger partial charge in [0.1, 0.15) is 5.52 Å². The molecule has 24 heavy (non-hydrogen) atoms. The molecule has 6 heteroatoms. The summed E-state index contributed by atoms with van der Waals surface area (Å²) >= 11 is 0. The minimum Gasteiger partial charge on any atom is -0.379 e. The third kappa shape index (κ3) is 3.39. The molecular weight excluding hydrogens is 306 g/mol. The van der Waals surface area contributed by atoms with Crippen LogP contribution in [0.3, 0.4) is 0 Å². The number of ether oxygens (including phenoxy) is 2. The first-order chi connectivity index (χ1) is 11.8. The third-order valence-corrected chi connectivity index (χ3v) is 4.60. The van der Waals surface area contributed by atoms with Gasteiger partial charge < -0.3 is 14.8 Å². The molecule has 2 atom stereocenters. The summed E-state index contributed by atoms with van der Waals surface area (Å²) in [6, 6.07) is 5.32. The molecule has 0 radical (unpaired) electrons. The molecule has 1 aliphatic carbocycles. The quantitative estimate of drug-likeness (QED) is 0.908. The third-order valence-electron chi connectivity index (χ3n) is 4.60. The smallest absolute Gasteiger partial charge is 0.253 e. The minimum atomic E-state index is -0.156. The van der Waals surface area contributed by atoms with Gasteiger partial charge in [0.25, 0.3) is 5.91 Å². The van der Waals surface area contributed by atoms with Crippen molar-refractivity contribution in [1.29, 1.82) is 0 Å². The normalized spacial score (nSPS) is 24.0. The van der Waals surface area contributed by atoms with Crippen molar-refractivity contribution in [3.8, 4) is 0 Å². The summed E-state index contributed by atoms with van der Waals surface area (Å²) < 4.78 is 11.6. The molecule has 4 rings (SSSR count). The number of hydrogen-bond acceptors (Lipinski definition) is 5. The second kappa shape index (κ2) is 6.83. The highest BCUT2D eigenvalue weighted by Gasteiger charge is 2.31. The lowest BCUT2D eigenvalue weighted by molar-refractivity contribution is -0.0567. The van der Waals surface area contributed by atoms with Crippen LogP contribution in [0.4, 0.5) is 0 Å². The maximum atomic E-state index is 12.7. The predicted octanol–water partition coefficient (Wildman–Crippen LogP) is 1.94. The van der Waals surface area contributed by atoms with Gasteiger partial charge in [0.05, 0.1) is 29.8 Å². The lowest BCUT2D eigenvalue weighted by Gasteiger charge is -2.32. The molecule has 126 valence electrons. The van der Waals surface area contributed by atoms with Gasteiger partial charge in [-0.1, -0.05) is 6.07 Å². The van der Waals surface area contributed by atoms with E-state index in [-0.39, 0.29) is 18.1 Å². The molecule has 1 N–H and O–H groups in total. The van der Waals surface area contributed by atoms with Gasteiger partial charge in [-0.3, -0.25) is 14.8 Å². The zero-order valence-corrected chi connectivity index (χ0v) is 13.5. The fraction of sp³-hybridized carbons (Fsp3) is 0.500. The molecule has 1 aromatic heterocycles. The average Bonchev–Trinajstić information content (AvgIpc) is 3.45. The molecule has 1 saturated heterocycles. The average molecular weight is 327 g/mol. The van der Waals surface area contributed by atoms with Crippen molar-refractivity contribution >= 4 is 16.9 Å². The Labute approximate surface area is 140 Å². The predicted molar refractivity (Wildman–Crippen MR) is 88.7 cm³/mol. The van der Waals surface area contributed by atoms with E-state index in [1.165, 1.54) is 12.8 Å². The van der Waals surface area contributed by atoms with Gasteiger partial charge in [-0.25, -0.2) is 0 Å². The number of nitrogens with zero attached hydrogens (tertiary/aromatic N) is 2. The summed E-state index contributed by atoms with van der Waals surface area (Å²) in [7, 11) is 0. The molecule has 0 spiro atoms.